The van der Waals surface area contributed by atoms with Crippen LogP contribution in [0.2, 0.25) is 0 Å². The molecule has 0 aliphatic rings. The number of ketones is 1. The van der Waals surface area contributed by atoms with Gasteiger partial charge >= 0.3 is 0 Å². The van der Waals surface area contributed by atoms with Crippen LogP contribution in [0.1, 0.15) is 21.7 Å². The zero-order valence-electron chi connectivity index (χ0n) is 14.2. The molecule has 0 saturated heterocycles. The van der Waals surface area contributed by atoms with E-state index >= 15 is 0 Å². The number of ether oxygens (including phenoxy) is 1. The first-order valence-electron chi connectivity index (χ1n) is 8.10. The van der Waals surface area contributed by atoms with Crippen molar-refractivity contribution in [2.24, 2.45) is 7.05 Å². The van der Waals surface area contributed by atoms with Gasteiger partial charge in [-0.3, -0.25) is 4.79 Å². The summed E-state index contributed by atoms with van der Waals surface area (Å²) in [6.45, 7) is -0.0172. The number of hydrogen-bond donors (Lipinski definition) is 1. The molecule has 4 aromatic rings. The Morgan fingerprint density at radius 3 is 2.85 bits per heavy atom. The number of nitrogens with zero attached hydrogens (tertiary/aromatic N) is 3. The number of aromatic amines is 1. The summed E-state index contributed by atoms with van der Waals surface area (Å²) < 4.78 is 36.3. The van der Waals surface area contributed by atoms with Crippen LogP contribution in [0.5, 0.6) is 5.75 Å². The third kappa shape index (κ3) is 2.95. The Morgan fingerprint density at radius 1 is 1.22 bits per heavy atom. The Balaban J connectivity index is 1.70. The number of H-pyrrole nitrogens is 1. The van der Waals surface area contributed by atoms with E-state index in [0.29, 0.717) is 16.9 Å². The maximum atomic E-state index is 14.9. The maximum Gasteiger partial charge on any atom is 0.201 e. The van der Waals surface area contributed by atoms with Crippen molar-refractivity contribution in [2.75, 3.05) is 0 Å². The second kappa shape index (κ2) is 6.64. The molecule has 1 aromatic carbocycles. The van der Waals surface area contributed by atoms with Crippen molar-refractivity contribution in [3.8, 4) is 5.75 Å². The average Bonchev–Trinajstić information content (AvgIpc) is 3.27. The molecule has 1 N–H and O–H groups in total. The molecule has 0 spiro atoms. The fourth-order valence-corrected chi connectivity index (χ4v) is 2.81. The Bertz CT molecular complexity index is 1150. The Morgan fingerprint density at radius 2 is 2.07 bits per heavy atom. The molecule has 0 radical (unpaired) electrons. The Kier molecular flexibility index (Phi) is 4.15. The van der Waals surface area contributed by atoms with E-state index in [1.54, 1.807) is 42.3 Å². The number of nitrogens with one attached hydrogen (secondary N) is 1. The molecule has 4 rings (SSSR count). The van der Waals surface area contributed by atoms with E-state index in [4.69, 9.17) is 4.74 Å². The van der Waals surface area contributed by atoms with Gasteiger partial charge in [0.1, 0.15) is 23.9 Å². The minimum atomic E-state index is -1.05. The van der Waals surface area contributed by atoms with Crippen molar-refractivity contribution < 1.29 is 18.3 Å². The summed E-state index contributed by atoms with van der Waals surface area (Å²) in [6.07, 6.45) is 6.25. The number of aryl methyl sites for hydroxylation is 1. The van der Waals surface area contributed by atoms with E-state index < -0.39 is 23.0 Å². The summed E-state index contributed by atoms with van der Waals surface area (Å²) in [5, 5.41) is 0.487. The van der Waals surface area contributed by atoms with Crippen LogP contribution >= 0.6 is 0 Å². The average molecular weight is 368 g/mol. The lowest BCUT2D eigenvalue weighted by Crippen LogP contribution is -2.10. The number of hydrogen-bond acceptors (Lipinski definition) is 4. The van der Waals surface area contributed by atoms with Crippen LogP contribution in [0.4, 0.5) is 8.78 Å². The normalized spacial score (nSPS) is 11.1. The lowest BCUT2D eigenvalue weighted by atomic mass is 10.0. The van der Waals surface area contributed by atoms with Crippen molar-refractivity contribution in [2.45, 2.75) is 6.61 Å². The first-order valence-corrected chi connectivity index (χ1v) is 8.10. The summed E-state index contributed by atoms with van der Waals surface area (Å²) in [5.41, 5.74) is -0.0712. The first-order chi connectivity index (χ1) is 13.1. The van der Waals surface area contributed by atoms with Crippen LogP contribution < -0.4 is 4.74 Å². The molecular weight excluding hydrogens is 354 g/mol. The molecule has 0 bridgehead atoms. The SMILES string of the molecule is Cn1ccnc1COc1ccc(F)c(C(=O)c2c[nH]c3ncccc23)c1F. The number of carbonyl (C=O) groups is 1. The number of rotatable bonds is 5. The van der Waals surface area contributed by atoms with Crippen LogP contribution in [0.15, 0.2) is 49.1 Å². The van der Waals surface area contributed by atoms with Crippen LogP contribution in [-0.4, -0.2) is 25.3 Å². The first kappa shape index (κ1) is 16.9. The largest absolute Gasteiger partial charge is 0.483 e. The van der Waals surface area contributed by atoms with Crippen LogP contribution in [0.25, 0.3) is 11.0 Å². The van der Waals surface area contributed by atoms with Crippen LogP contribution in [0.3, 0.4) is 0 Å². The van der Waals surface area contributed by atoms with Crippen LogP contribution in [0, 0.1) is 11.6 Å². The summed E-state index contributed by atoms with van der Waals surface area (Å²) in [5.74, 6) is -2.45. The van der Waals surface area contributed by atoms with Gasteiger partial charge in [0, 0.05) is 42.8 Å². The van der Waals surface area contributed by atoms with Crippen LogP contribution in [-0.2, 0) is 13.7 Å². The van der Waals surface area contributed by atoms with Gasteiger partial charge in [-0.1, -0.05) is 0 Å². The predicted octanol–water partition coefficient (Wildman–Crippen LogP) is 3.38. The predicted molar refractivity (Wildman–Crippen MR) is 93.4 cm³/mol. The van der Waals surface area contributed by atoms with Gasteiger partial charge in [-0.25, -0.2) is 18.7 Å². The van der Waals surface area contributed by atoms with E-state index in [1.807, 2.05) is 0 Å². The molecule has 0 aliphatic heterocycles. The minimum absolute atomic E-state index is 0.0172. The van der Waals surface area contributed by atoms with Gasteiger partial charge in [0.25, 0.3) is 0 Å². The lowest BCUT2D eigenvalue weighted by Gasteiger charge is -2.10. The fraction of sp³-hybridized carbons (Fsp3) is 0.105. The second-order valence-electron chi connectivity index (χ2n) is 5.91. The number of pyridine rings is 1. The smallest absolute Gasteiger partial charge is 0.201 e. The molecule has 6 nitrogen and oxygen atoms in total. The molecule has 27 heavy (non-hydrogen) atoms. The van der Waals surface area contributed by atoms with E-state index in [0.717, 1.165) is 12.1 Å². The zero-order valence-corrected chi connectivity index (χ0v) is 14.2. The van der Waals surface area contributed by atoms with E-state index in [2.05, 4.69) is 15.0 Å². The monoisotopic (exact) mass is 368 g/mol. The van der Waals surface area contributed by atoms with Gasteiger partial charge in [0.05, 0.1) is 5.56 Å². The molecular formula is C19H14F2N4O2. The molecule has 3 aromatic heterocycles. The summed E-state index contributed by atoms with van der Waals surface area (Å²) in [7, 11) is 1.77. The fourth-order valence-electron chi connectivity index (χ4n) is 2.81. The van der Waals surface area contributed by atoms with Crippen molar-refractivity contribution in [1.29, 1.82) is 0 Å². The molecule has 0 saturated carbocycles. The topological polar surface area (TPSA) is 72.8 Å². The highest BCUT2D eigenvalue weighted by Crippen LogP contribution is 2.28. The highest BCUT2D eigenvalue weighted by atomic mass is 19.1. The Hall–Kier alpha value is -3.55. The van der Waals surface area contributed by atoms with Gasteiger partial charge in [-0.2, -0.15) is 0 Å². The third-order valence-electron chi connectivity index (χ3n) is 4.26. The minimum Gasteiger partial charge on any atom is -0.483 e. The molecule has 8 heteroatoms. The quantitative estimate of drug-likeness (QED) is 0.548. The molecule has 0 fully saturated rings. The second-order valence-corrected chi connectivity index (χ2v) is 5.91. The van der Waals surface area contributed by atoms with Crippen molar-refractivity contribution >= 4 is 16.8 Å². The summed E-state index contributed by atoms with van der Waals surface area (Å²) in [4.78, 5) is 23.8. The number of halogens is 2. The number of fused-ring (bicyclic) bond motifs is 1. The standard InChI is InChI=1S/C19H14F2N4O2/c1-25-8-7-22-15(25)10-27-14-5-4-13(20)16(17(14)21)18(26)12-9-24-19-11(12)3-2-6-23-19/h2-9H,10H2,1H3,(H,23,24). The van der Waals surface area contributed by atoms with Crippen molar-refractivity contribution in [1.82, 2.24) is 19.5 Å². The number of benzene rings is 1. The number of imidazole rings is 1. The molecule has 0 unspecified atom stereocenters. The van der Waals surface area contributed by atoms with Gasteiger partial charge in [0.15, 0.2) is 11.6 Å². The van der Waals surface area contributed by atoms with Gasteiger partial charge in [-0.05, 0) is 24.3 Å². The lowest BCUT2D eigenvalue weighted by molar-refractivity contribution is 0.103. The highest BCUT2D eigenvalue weighted by Gasteiger charge is 2.25. The maximum absolute atomic E-state index is 14.9. The zero-order chi connectivity index (χ0) is 19.0. The van der Waals surface area contributed by atoms with E-state index in [9.17, 15) is 13.6 Å². The molecule has 136 valence electrons. The van der Waals surface area contributed by atoms with Gasteiger partial charge < -0.3 is 14.3 Å². The molecule has 0 atom stereocenters. The Labute approximate surface area is 152 Å². The molecule has 3 heterocycles. The summed E-state index contributed by atoms with van der Waals surface area (Å²) in [6, 6.07) is 5.47. The highest BCUT2D eigenvalue weighted by molar-refractivity contribution is 6.16. The van der Waals surface area contributed by atoms with E-state index in [1.165, 1.54) is 6.20 Å². The van der Waals surface area contributed by atoms with Gasteiger partial charge in [-0.15, -0.1) is 0 Å². The number of carbonyl (C=O) groups excluding carboxylic acids is 1. The van der Waals surface area contributed by atoms with E-state index in [-0.39, 0.29) is 17.9 Å². The summed E-state index contributed by atoms with van der Waals surface area (Å²) >= 11 is 0. The van der Waals surface area contributed by atoms with Crippen molar-refractivity contribution in [3.63, 3.8) is 0 Å². The molecule has 0 amide bonds. The third-order valence-corrected chi connectivity index (χ3v) is 4.26. The van der Waals surface area contributed by atoms with Crippen molar-refractivity contribution in [3.05, 3.63) is 77.6 Å². The van der Waals surface area contributed by atoms with Gasteiger partial charge in [0.2, 0.25) is 5.78 Å². The number of aromatic nitrogens is 4. The molecule has 0 aliphatic carbocycles.